The van der Waals surface area contributed by atoms with E-state index >= 15 is 0 Å². The zero-order valence-electron chi connectivity index (χ0n) is 11.5. The second-order valence-electron chi connectivity index (χ2n) is 5.03. The summed E-state index contributed by atoms with van der Waals surface area (Å²) in [4.78, 5) is 3.81. The first-order valence-corrected chi connectivity index (χ1v) is 6.45. The first-order chi connectivity index (χ1) is 8.70. The van der Waals surface area contributed by atoms with Gasteiger partial charge in [0.05, 0.1) is 0 Å². The SMILES string of the molecule is Cc1ccccc1[NH+]1c2ccccc2N(C)[C@@H]1C.[I-]. The van der Waals surface area contributed by atoms with E-state index in [0.717, 1.165) is 0 Å². The van der Waals surface area contributed by atoms with Crippen LogP contribution in [-0.2, 0) is 0 Å². The summed E-state index contributed by atoms with van der Waals surface area (Å²) in [5.74, 6) is 0. The Morgan fingerprint density at radius 3 is 2.21 bits per heavy atom. The molecule has 0 aliphatic carbocycles. The molecule has 0 amide bonds. The summed E-state index contributed by atoms with van der Waals surface area (Å²) < 4.78 is 0. The Bertz CT molecular complexity index is 582. The summed E-state index contributed by atoms with van der Waals surface area (Å²) in [5, 5.41) is 0. The normalized spacial score (nSPS) is 20.9. The van der Waals surface area contributed by atoms with Gasteiger partial charge in [-0.2, -0.15) is 0 Å². The molecular weight excluding hydrogens is 347 g/mol. The van der Waals surface area contributed by atoms with Crippen molar-refractivity contribution in [1.82, 2.24) is 0 Å². The zero-order chi connectivity index (χ0) is 12.7. The van der Waals surface area contributed by atoms with Gasteiger partial charge in [0.25, 0.3) is 0 Å². The lowest BCUT2D eigenvalue weighted by Gasteiger charge is -2.23. The second-order valence-corrected chi connectivity index (χ2v) is 5.03. The summed E-state index contributed by atoms with van der Waals surface area (Å²) in [7, 11) is 2.18. The van der Waals surface area contributed by atoms with Crippen LogP contribution in [0.4, 0.5) is 17.1 Å². The van der Waals surface area contributed by atoms with Crippen LogP contribution in [0.5, 0.6) is 0 Å². The molecule has 0 radical (unpaired) electrons. The van der Waals surface area contributed by atoms with Gasteiger partial charge in [0.2, 0.25) is 0 Å². The number of benzene rings is 2. The van der Waals surface area contributed by atoms with Gasteiger partial charge in [-0.05, 0) is 19.1 Å². The summed E-state index contributed by atoms with van der Waals surface area (Å²) in [6, 6.07) is 17.3. The fourth-order valence-corrected chi connectivity index (χ4v) is 2.88. The molecule has 2 nitrogen and oxygen atoms in total. The number of anilines is 1. The van der Waals surface area contributed by atoms with Crippen LogP contribution in [0.2, 0.25) is 0 Å². The molecule has 19 heavy (non-hydrogen) atoms. The van der Waals surface area contributed by atoms with Gasteiger partial charge in [0, 0.05) is 25.6 Å². The number of nitrogens with one attached hydrogen (secondary N) is 1. The number of para-hydroxylation sites is 3. The minimum absolute atomic E-state index is 0. The van der Waals surface area contributed by atoms with Crippen molar-refractivity contribution in [3.05, 3.63) is 54.1 Å². The van der Waals surface area contributed by atoms with Gasteiger partial charge in [-0.25, -0.2) is 4.90 Å². The number of rotatable bonds is 1. The highest BCUT2D eigenvalue weighted by atomic mass is 127. The molecule has 2 aromatic carbocycles. The standard InChI is InChI=1S/C16H18N2.HI/c1-12-8-4-5-9-14(12)18-13(2)17(3)15-10-6-7-11-16(15)18;/h4-11,13H,1-3H3;1H/t13-;/m0./s1. The van der Waals surface area contributed by atoms with Crippen LogP contribution >= 0.6 is 0 Å². The van der Waals surface area contributed by atoms with Crippen molar-refractivity contribution in [2.24, 2.45) is 0 Å². The van der Waals surface area contributed by atoms with E-state index in [0.29, 0.717) is 6.17 Å². The van der Waals surface area contributed by atoms with E-state index in [1.54, 1.807) is 0 Å². The molecule has 0 saturated carbocycles. The molecule has 0 spiro atoms. The van der Waals surface area contributed by atoms with Gasteiger partial charge in [0.1, 0.15) is 11.4 Å². The van der Waals surface area contributed by atoms with E-state index in [4.69, 9.17) is 0 Å². The molecule has 0 saturated heterocycles. The predicted octanol–water partition coefficient (Wildman–Crippen LogP) is -0.357. The molecule has 3 rings (SSSR count). The maximum atomic E-state index is 2.36. The average molecular weight is 366 g/mol. The third kappa shape index (κ3) is 2.25. The smallest absolute Gasteiger partial charge is 0.169 e. The third-order valence-electron chi connectivity index (χ3n) is 4.01. The van der Waals surface area contributed by atoms with Crippen molar-refractivity contribution in [2.75, 3.05) is 11.9 Å². The van der Waals surface area contributed by atoms with Gasteiger partial charge in [-0.15, -0.1) is 0 Å². The molecule has 0 bridgehead atoms. The molecule has 1 unspecified atom stereocenters. The average Bonchev–Trinajstić information content (AvgIpc) is 2.64. The number of halogens is 1. The molecule has 1 aliphatic heterocycles. The molecule has 1 aliphatic rings. The highest BCUT2D eigenvalue weighted by molar-refractivity contribution is 5.67. The largest absolute Gasteiger partial charge is 1.00 e. The second kappa shape index (κ2) is 5.51. The van der Waals surface area contributed by atoms with Crippen LogP contribution in [0, 0.1) is 6.92 Å². The van der Waals surface area contributed by atoms with Crippen LogP contribution in [0.25, 0.3) is 0 Å². The number of aryl methyl sites for hydroxylation is 1. The fourth-order valence-electron chi connectivity index (χ4n) is 2.88. The Hall–Kier alpha value is -1.07. The van der Waals surface area contributed by atoms with Crippen molar-refractivity contribution >= 4 is 17.1 Å². The number of hydrogen-bond acceptors (Lipinski definition) is 1. The van der Waals surface area contributed by atoms with Crippen molar-refractivity contribution in [2.45, 2.75) is 20.0 Å². The van der Waals surface area contributed by atoms with Crippen molar-refractivity contribution in [3.8, 4) is 0 Å². The lowest BCUT2D eigenvalue weighted by Crippen LogP contribution is -3.06. The maximum Gasteiger partial charge on any atom is 0.169 e. The zero-order valence-corrected chi connectivity index (χ0v) is 13.7. The first-order valence-electron chi connectivity index (χ1n) is 6.45. The van der Waals surface area contributed by atoms with E-state index in [1.807, 2.05) is 0 Å². The number of nitrogens with zero attached hydrogens (tertiary/aromatic N) is 1. The highest BCUT2D eigenvalue weighted by Gasteiger charge is 2.37. The highest BCUT2D eigenvalue weighted by Crippen LogP contribution is 2.30. The summed E-state index contributed by atoms with van der Waals surface area (Å²) in [5.41, 5.74) is 5.44. The molecule has 1 N–H and O–H groups in total. The molecule has 100 valence electrons. The maximum absolute atomic E-state index is 2.36. The Morgan fingerprint density at radius 2 is 1.53 bits per heavy atom. The van der Waals surface area contributed by atoms with Crippen LogP contribution in [-0.4, -0.2) is 13.2 Å². The lowest BCUT2D eigenvalue weighted by molar-refractivity contribution is -0.780. The van der Waals surface area contributed by atoms with Crippen LogP contribution in [0.15, 0.2) is 48.5 Å². The summed E-state index contributed by atoms with van der Waals surface area (Å²) >= 11 is 0. The summed E-state index contributed by atoms with van der Waals surface area (Å²) in [6.07, 6.45) is 0.434. The van der Waals surface area contributed by atoms with Gasteiger partial charge in [-0.1, -0.05) is 30.3 Å². The number of fused-ring (bicyclic) bond motifs is 1. The molecule has 0 aromatic heterocycles. The van der Waals surface area contributed by atoms with E-state index in [9.17, 15) is 0 Å². The fraction of sp³-hybridized carbons (Fsp3) is 0.250. The van der Waals surface area contributed by atoms with E-state index in [1.165, 1.54) is 27.5 Å². The quantitative estimate of drug-likeness (QED) is 0.678. The van der Waals surface area contributed by atoms with Gasteiger partial charge in [0.15, 0.2) is 11.9 Å². The topological polar surface area (TPSA) is 7.68 Å². The minimum Gasteiger partial charge on any atom is -1.00 e. The number of quaternary nitrogens is 1. The van der Waals surface area contributed by atoms with Gasteiger partial charge in [-0.3, -0.25) is 0 Å². The Kier molecular flexibility index (Phi) is 4.16. The van der Waals surface area contributed by atoms with E-state index in [2.05, 4.69) is 74.3 Å². The first kappa shape index (κ1) is 14.3. The Labute approximate surface area is 132 Å². The Balaban J connectivity index is 0.00000133. The van der Waals surface area contributed by atoms with Crippen LogP contribution < -0.4 is 33.8 Å². The van der Waals surface area contributed by atoms with E-state index in [-0.39, 0.29) is 24.0 Å². The van der Waals surface area contributed by atoms with Crippen LogP contribution in [0.1, 0.15) is 12.5 Å². The molecule has 2 aromatic rings. The van der Waals surface area contributed by atoms with Crippen molar-refractivity contribution in [1.29, 1.82) is 0 Å². The van der Waals surface area contributed by atoms with E-state index < -0.39 is 0 Å². The predicted molar refractivity (Wildman–Crippen MR) is 75.8 cm³/mol. The van der Waals surface area contributed by atoms with Gasteiger partial charge >= 0.3 is 0 Å². The molecule has 2 atom stereocenters. The van der Waals surface area contributed by atoms with Crippen LogP contribution in [0.3, 0.4) is 0 Å². The third-order valence-corrected chi connectivity index (χ3v) is 4.01. The minimum atomic E-state index is 0. The molecule has 3 heteroatoms. The Morgan fingerprint density at radius 1 is 0.947 bits per heavy atom. The van der Waals surface area contributed by atoms with Gasteiger partial charge < -0.3 is 28.9 Å². The molecule has 0 fully saturated rings. The van der Waals surface area contributed by atoms with Crippen molar-refractivity contribution < 1.29 is 28.9 Å². The molecular formula is C16H19IN2. The number of hydrogen-bond donors (Lipinski definition) is 1. The lowest BCUT2D eigenvalue weighted by atomic mass is 10.1. The molecule has 1 heterocycles. The summed E-state index contributed by atoms with van der Waals surface area (Å²) in [6.45, 7) is 4.47. The monoisotopic (exact) mass is 366 g/mol. The van der Waals surface area contributed by atoms with Crippen molar-refractivity contribution in [3.63, 3.8) is 0 Å².